The van der Waals surface area contributed by atoms with Gasteiger partial charge in [0, 0.05) is 33.5 Å². The van der Waals surface area contributed by atoms with E-state index >= 15 is 0 Å². The van der Waals surface area contributed by atoms with Gasteiger partial charge >= 0.3 is 0 Å². The van der Waals surface area contributed by atoms with Gasteiger partial charge in [-0.1, -0.05) is 133 Å². The first kappa shape index (κ1) is 27.9. The van der Waals surface area contributed by atoms with Crippen molar-refractivity contribution in [2.45, 2.75) is 0 Å². The number of hydrogen-bond donors (Lipinski definition) is 0. The van der Waals surface area contributed by atoms with Crippen LogP contribution in [0.25, 0.3) is 60.5 Å². The smallest absolute Gasteiger partial charge is 0.0553 e. The number of aromatic nitrogens is 1. The van der Waals surface area contributed by atoms with Crippen molar-refractivity contribution in [3.63, 3.8) is 0 Å². The quantitative estimate of drug-likeness (QED) is 0.181. The Bertz CT molecular complexity index is 2510. The van der Waals surface area contributed by atoms with Gasteiger partial charge in [-0.2, -0.15) is 0 Å². The summed E-state index contributed by atoms with van der Waals surface area (Å²) in [5.41, 5.74) is 11.8. The Morgan fingerprint density at radius 3 is 1.54 bits per heavy atom. The van der Waals surface area contributed by atoms with Gasteiger partial charge < -0.3 is 9.47 Å². The molecule has 1 heterocycles. The standard InChI is InChI=1S/C46H32N2/c1-4-14-33(15-5-1)34-24-28-39(29-25-34)47(37-17-6-2-7-18-37)40-30-26-35(27-31-40)45-41-21-11-10-16-36(41)32-44-46(45)42-22-12-13-23-43(42)48(44)38-19-8-3-9-20-38/h1-32H. The Morgan fingerprint density at radius 1 is 0.354 bits per heavy atom. The molecule has 0 radical (unpaired) electrons. The highest BCUT2D eigenvalue weighted by Gasteiger charge is 2.20. The molecule has 1 aromatic heterocycles. The maximum absolute atomic E-state index is 2.41. The molecular weight excluding hydrogens is 581 g/mol. The van der Waals surface area contributed by atoms with Crippen LogP contribution in [-0.4, -0.2) is 4.57 Å². The molecule has 0 aliphatic rings. The lowest BCUT2D eigenvalue weighted by Gasteiger charge is -2.26. The second-order valence-corrected chi connectivity index (χ2v) is 12.2. The van der Waals surface area contributed by atoms with Crippen molar-refractivity contribution in [3.8, 4) is 27.9 Å². The number of benzene rings is 8. The second-order valence-electron chi connectivity index (χ2n) is 12.2. The van der Waals surface area contributed by atoms with E-state index in [1.807, 2.05) is 0 Å². The highest BCUT2D eigenvalue weighted by molar-refractivity contribution is 6.23. The van der Waals surface area contributed by atoms with Gasteiger partial charge in [0.1, 0.15) is 0 Å². The summed E-state index contributed by atoms with van der Waals surface area (Å²) < 4.78 is 2.41. The molecular formula is C46H32N2. The summed E-state index contributed by atoms with van der Waals surface area (Å²) in [5.74, 6) is 0. The average molecular weight is 613 g/mol. The van der Waals surface area contributed by atoms with E-state index in [-0.39, 0.29) is 0 Å². The number of anilines is 3. The van der Waals surface area contributed by atoms with Crippen LogP contribution in [0.1, 0.15) is 0 Å². The number of hydrogen-bond acceptors (Lipinski definition) is 1. The van der Waals surface area contributed by atoms with Gasteiger partial charge in [0.05, 0.1) is 11.0 Å². The van der Waals surface area contributed by atoms with Crippen molar-refractivity contribution in [2.75, 3.05) is 4.90 Å². The Hall–Kier alpha value is -6.38. The molecule has 0 aliphatic carbocycles. The van der Waals surface area contributed by atoms with Gasteiger partial charge in [-0.15, -0.1) is 0 Å². The van der Waals surface area contributed by atoms with Gasteiger partial charge in [0.2, 0.25) is 0 Å². The normalized spacial score (nSPS) is 11.3. The number of fused-ring (bicyclic) bond motifs is 4. The lowest BCUT2D eigenvalue weighted by atomic mass is 9.93. The zero-order chi connectivity index (χ0) is 31.9. The van der Waals surface area contributed by atoms with Crippen LogP contribution in [0.2, 0.25) is 0 Å². The highest BCUT2D eigenvalue weighted by Crippen LogP contribution is 2.44. The van der Waals surface area contributed by atoms with Crippen LogP contribution in [0.3, 0.4) is 0 Å². The fourth-order valence-corrected chi connectivity index (χ4v) is 7.18. The van der Waals surface area contributed by atoms with E-state index in [0.29, 0.717) is 0 Å². The zero-order valence-corrected chi connectivity index (χ0v) is 26.4. The topological polar surface area (TPSA) is 8.17 Å². The van der Waals surface area contributed by atoms with Crippen molar-refractivity contribution in [1.29, 1.82) is 0 Å². The lowest BCUT2D eigenvalue weighted by molar-refractivity contribution is 1.18. The molecule has 0 aliphatic heterocycles. The van der Waals surface area contributed by atoms with Crippen LogP contribution in [0.4, 0.5) is 17.1 Å². The number of rotatable bonds is 6. The van der Waals surface area contributed by atoms with Gasteiger partial charge in [-0.05, 0) is 93.7 Å². The minimum atomic E-state index is 1.11. The van der Waals surface area contributed by atoms with E-state index in [1.54, 1.807) is 0 Å². The fraction of sp³-hybridized carbons (Fsp3) is 0. The molecule has 2 nitrogen and oxygen atoms in total. The van der Waals surface area contributed by atoms with Gasteiger partial charge in [0.25, 0.3) is 0 Å². The minimum absolute atomic E-state index is 1.11. The summed E-state index contributed by atoms with van der Waals surface area (Å²) in [6.07, 6.45) is 0. The van der Waals surface area contributed by atoms with Crippen molar-refractivity contribution in [3.05, 3.63) is 194 Å². The minimum Gasteiger partial charge on any atom is -0.311 e. The van der Waals surface area contributed by atoms with Crippen LogP contribution in [-0.2, 0) is 0 Å². The molecule has 0 unspecified atom stereocenters. The first-order valence-electron chi connectivity index (χ1n) is 16.4. The predicted molar refractivity (Wildman–Crippen MR) is 204 cm³/mol. The summed E-state index contributed by atoms with van der Waals surface area (Å²) in [7, 11) is 0. The molecule has 9 aromatic rings. The molecule has 0 atom stereocenters. The van der Waals surface area contributed by atoms with E-state index in [1.165, 1.54) is 54.8 Å². The van der Waals surface area contributed by atoms with E-state index in [9.17, 15) is 0 Å². The molecule has 0 saturated carbocycles. The van der Waals surface area contributed by atoms with Crippen molar-refractivity contribution >= 4 is 49.6 Å². The highest BCUT2D eigenvalue weighted by atomic mass is 15.1. The molecule has 8 aromatic carbocycles. The average Bonchev–Trinajstić information content (AvgIpc) is 3.49. The molecule has 9 rings (SSSR count). The zero-order valence-electron chi connectivity index (χ0n) is 26.4. The van der Waals surface area contributed by atoms with Crippen molar-refractivity contribution in [1.82, 2.24) is 4.57 Å². The first-order chi connectivity index (χ1) is 23.8. The van der Waals surface area contributed by atoms with E-state index < -0.39 is 0 Å². The third-order valence-electron chi connectivity index (χ3n) is 9.36. The van der Waals surface area contributed by atoms with E-state index in [4.69, 9.17) is 0 Å². The van der Waals surface area contributed by atoms with Crippen LogP contribution in [0.5, 0.6) is 0 Å². The summed E-state index contributed by atoms with van der Waals surface area (Å²) in [4.78, 5) is 2.33. The first-order valence-corrected chi connectivity index (χ1v) is 16.4. The summed E-state index contributed by atoms with van der Waals surface area (Å²) in [6, 6.07) is 69.8. The molecule has 2 heteroatoms. The summed E-state index contributed by atoms with van der Waals surface area (Å²) >= 11 is 0. The number of para-hydroxylation sites is 3. The molecule has 0 spiro atoms. The molecule has 226 valence electrons. The monoisotopic (exact) mass is 612 g/mol. The van der Waals surface area contributed by atoms with Crippen molar-refractivity contribution < 1.29 is 0 Å². The number of nitrogens with zero attached hydrogens (tertiary/aromatic N) is 2. The van der Waals surface area contributed by atoms with Crippen molar-refractivity contribution in [2.24, 2.45) is 0 Å². The molecule has 0 amide bonds. The molecule has 0 N–H and O–H groups in total. The van der Waals surface area contributed by atoms with Gasteiger partial charge in [0.15, 0.2) is 0 Å². The Morgan fingerprint density at radius 2 is 0.854 bits per heavy atom. The van der Waals surface area contributed by atoms with Gasteiger partial charge in [-0.25, -0.2) is 0 Å². The Kier molecular flexibility index (Phi) is 6.84. The van der Waals surface area contributed by atoms with Crippen LogP contribution in [0.15, 0.2) is 194 Å². The largest absolute Gasteiger partial charge is 0.311 e. The predicted octanol–water partition coefficient (Wildman–Crippen LogP) is 12.7. The lowest BCUT2D eigenvalue weighted by Crippen LogP contribution is -2.09. The molecule has 0 bridgehead atoms. The van der Waals surface area contributed by atoms with Crippen LogP contribution >= 0.6 is 0 Å². The SMILES string of the molecule is c1ccc(-c2ccc(N(c3ccccc3)c3ccc(-c4c5ccccc5cc5c4c4ccccc4n5-c4ccccc4)cc3)cc2)cc1. The maximum atomic E-state index is 2.41. The van der Waals surface area contributed by atoms with Crippen LogP contribution in [0, 0.1) is 0 Å². The summed E-state index contributed by atoms with van der Waals surface area (Å²) in [6.45, 7) is 0. The van der Waals surface area contributed by atoms with Gasteiger partial charge in [-0.3, -0.25) is 0 Å². The van der Waals surface area contributed by atoms with E-state index in [0.717, 1.165) is 22.7 Å². The third kappa shape index (κ3) is 4.74. The fourth-order valence-electron chi connectivity index (χ4n) is 7.18. The molecule has 48 heavy (non-hydrogen) atoms. The molecule has 0 saturated heterocycles. The third-order valence-corrected chi connectivity index (χ3v) is 9.36. The summed E-state index contributed by atoms with van der Waals surface area (Å²) in [5, 5.41) is 5.02. The van der Waals surface area contributed by atoms with E-state index in [2.05, 4.69) is 204 Å². The van der Waals surface area contributed by atoms with Crippen LogP contribution < -0.4 is 4.90 Å². The Labute approximate surface area is 280 Å². The molecule has 0 fully saturated rings. The Balaban J connectivity index is 1.22. The second kappa shape index (κ2) is 11.8. The maximum Gasteiger partial charge on any atom is 0.0553 e.